The van der Waals surface area contributed by atoms with Gasteiger partial charge in [-0.25, -0.2) is 0 Å². The first-order chi connectivity index (χ1) is 7.47. The highest BCUT2D eigenvalue weighted by molar-refractivity contribution is 5.21. The molecule has 0 bridgehead atoms. The maximum Gasteiger partial charge on any atom is 0.269 e. The van der Waals surface area contributed by atoms with Crippen molar-refractivity contribution in [2.24, 2.45) is 5.92 Å². The van der Waals surface area contributed by atoms with E-state index in [1.165, 1.54) is 0 Å². The number of aromatic nitrogens is 2. The molecule has 16 heavy (non-hydrogen) atoms. The van der Waals surface area contributed by atoms with Crippen LogP contribution in [0.1, 0.15) is 58.2 Å². The van der Waals surface area contributed by atoms with E-state index in [4.69, 9.17) is 0 Å². The van der Waals surface area contributed by atoms with Gasteiger partial charge in [0.2, 0.25) is 0 Å². The van der Waals surface area contributed by atoms with Crippen molar-refractivity contribution in [2.45, 2.75) is 59.9 Å². The van der Waals surface area contributed by atoms with E-state index in [9.17, 15) is 4.79 Å². The van der Waals surface area contributed by atoms with Crippen LogP contribution in [-0.4, -0.2) is 9.78 Å². The predicted molar refractivity (Wildman–Crippen MR) is 68.0 cm³/mol. The summed E-state index contributed by atoms with van der Waals surface area (Å²) in [7, 11) is 0. The smallest absolute Gasteiger partial charge is 0.269 e. The number of H-pyrrole nitrogens is 1. The van der Waals surface area contributed by atoms with E-state index in [0.29, 0.717) is 11.8 Å². The van der Waals surface area contributed by atoms with Crippen LogP contribution < -0.4 is 5.56 Å². The highest BCUT2D eigenvalue weighted by Crippen LogP contribution is 2.17. The van der Waals surface area contributed by atoms with Crippen molar-refractivity contribution < 1.29 is 0 Å². The Morgan fingerprint density at radius 3 is 2.31 bits per heavy atom. The average Bonchev–Trinajstić information content (AvgIpc) is 2.46. The molecule has 0 aromatic carbocycles. The second-order valence-corrected chi connectivity index (χ2v) is 5.21. The van der Waals surface area contributed by atoms with Crippen molar-refractivity contribution in [3.05, 3.63) is 21.6 Å². The first-order valence-corrected chi connectivity index (χ1v) is 6.28. The third-order valence-electron chi connectivity index (χ3n) is 2.72. The van der Waals surface area contributed by atoms with Crippen molar-refractivity contribution in [1.82, 2.24) is 9.78 Å². The molecule has 0 atom stereocenters. The van der Waals surface area contributed by atoms with Gasteiger partial charge in [-0.1, -0.05) is 34.6 Å². The quantitative estimate of drug-likeness (QED) is 0.820. The fraction of sp³-hybridized carbons (Fsp3) is 0.769. The monoisotopic (exact) mass is 224 g/mol. The average molecular weight is 224 g/mol. The Morgan fingerprint density at radius 2 is 1.88 bits per heavy atom. The highest BCUT2D eigenvalue weighted by atomic mass is 16.1. The maximum atomic E-state index is 12.2. The van der Waals surface area contributed by atoms with Crippen LogP contribution in [-0.2, 0) is 13.0 Å². The zero-order valence-corrected chi connectivity index (χ0v) is 11.1. The lowest BCUT2D eigenvalue weighted by Crippen LogP contribution is -2.19. The van der Waals surface area contributed by atoms with Crippen LogP contribution in [0.5, 0.6) is 0 Å². The number of aryl methyl sites for hydroxylation is 1. The molecule has 0 aliphatic rings. The second-order valence-electron chi connectivity index (χ2n) is 5.21. The summed E-state index contributed by atoms with van der Waals surface area (Å²) in [6.07, 6.45) is 1.86. The third kappa shape index (κ3) is 2.77. The fourth-order valence-electron chi connectivity index (χ4n) is 2.01. The zero-order valence-electron chi connectivity index (χ0n) is 11.1. The normalized spacial score (nSPS) is 11.7. The molecule has 0 fully saturated rings. The fourth-order valence-corrected chi connectivity index (χ4v) is 2.01. The first-order valence-electron chi connectivity index (χ1n) is 6.28. The predicted octanol–water partition coefficient (Wildman–Crippen LogP) is 2.91. The molecule has 1 N–H and O–H groups in total. The lowest BCUT2D eigenvalue weighted by molar-refractivity contribution is 0.572. The molecule has 0 saturated carbocycles. The molecule has 1 heterocycles. The second kappa shape index (κ2) is 5.37. The van der Waals surface area contributed by atoms with Gasteiger partial charge in [0, 0.05) is 17.8 Å². The van der Waals surface area contributed by atoms with Gasteiger partial charge in [0.05, 0.1) is 0 Å². The third-order valence-corrected chi connectivity index (χ3v) is 2.72. The molecule has 0 saturated heterocycles. The van der Waals surface area contributed by atoms with E-state index >= 15 is 0 Å². The van der Waals surface area contributed by atoms with E-state index in [0.717, 1.165) is 30.6 Å². The van der Waals surface area contributed by atoms with Crippen molar-refractivity contribution in [3.8, 4) is 0 Å². The minimum atomic E-state index is 0.180. The number of nitrogens with zero attached hydrogens (tertiary/aromatic N) is 1. The van der Waals surface area contributed by atoms with Crippen LogP contribution in [0.15, 0.2) is 4.79 Å². The molecule has 0 spiro atoms. The molecule has 0 amide bonds. The SMILES string of the molecule is CCCn1[nH]c(C(C)C)c(CC(C)C)c1=O. The largest absolute Gasteiger partial charge is 0.299 e. The van der Waals surface area contributed by atoms with Gasteiger partial charge in [0.25, 0.3) is 5.56 Å². The van der Waals surface area contributed by atoms with Crippen molar-refractivity contribution in [2.75, 3.05) is 0 Å². The summed E-state index contributed by atoms with van der Waals surface area (Å²) in [6.45, 7) is 11.4. The Kier molecular flexibility index (Phi) is 4.39. The lowest BCUT2D eigenvalue weighted by Gasteiger charge is -2.07. The summed E-state index contributed by atoms with van der Waals surface area (Å²) in [6, 6.07) is 0. The molecule has 0 aliphatic carbocycles. The molecule has 3 heteroatoms. The van der Waals surface area contributed by atoms with Crippen LogP contribution in [0.2, 0.25) is 0 Å². The highest BCUT2D eigenvalue weighted by Gasteiger charge is 2.16. The number of hydrogen-bond acceptors (Lipinski definition) is 1. The Labute approximate surface area is 97.8 Å². The van der Waals surface area contributed by atoms with Crippen LogP contribution in [0, 0.1) is 5.92 Å². The van der Waals surface area contributed by atoms with Gasteiger partial charge >= 0.3 is 0 Å². The van der Waals surface area contributed by atoms with Gasteiger partial charge in [-0.3, -0.25) is 14.6 Å². The zero-order chi connectivity index (χ0) is 12.3. The minimum absolute atomic E-state index is 0.180. The molecule has 1 aromatic rings. The van der Waals surface area contributed by atoms with Crippen LogP contribution >= 0.6 is 0 Å². The molecule has 1 aromatic heterocycles. The van der Waals surface area contributed by atoms with Gasteiger partial charge in [-0.15, -0.1) is 0 Å². The molecular weight excluding hydrogens is 200 g/mol. The van der Waals surface area contributed by atoms with E-state index < -0.39 is 0 Å². The standard InChI is InChI=1S/C13H24N2O/c1-6-7-15-13(16)11(8-9(2)3)12(14-15)10(4)5/h9-10,14H,6-8H2,1-5H3. The first kappa shape index (κ1) is 13.1. The van der Waals surface area contributed by atoms with E-state index in [2.05, 4.69) is 39.7 Å². The molecule has 0 aliphatic heterocycles. The van der Waals surface area contributed by atoms with E-state index in [1.54, 1.807) is 4.68 Å². The number of nitrogens with one attached hydrogen (secondary N) is 1. The lowest BCUT2D eigenvalue weighted by atomic mass is 9.98. The number of rotatable bonds is 5. The molecule has 0 unspecified atom stereocenters. The van der Waals surface area contributed by atoms with Crippen LogP contribution in [0.4, 0.5) is 0 Å². The summed E-state index contributed by atoms with van der Waals surface area (Å²) in [4.78, 5) is 12.2. The Bertz CT molecular complexity index is 385. The summed E-state index contributed by atoms with van der Waals surface area (Å²) < 4.78 is 1.76. The topological polar surface area (TPSA) is 37.8 Å². The van der Waals surface area contributed by atoms with E-state index in [-0.39, 0.29) is 5.56 Å². The summed E-state index contributed by atoms with van der Waals surface area (Å²) in [5.41, 5.74) is 2.28. The molecule has 92 valence electrons. The Hall–Kier alpha value is -0.990. The Balaban J connectivity index is 3.15. The van der Waals surface area contributed by atoms with Gasteiger partial charge in [-0.2, -0.15) is 0 Å². The van der Waals surface area contributed by atoms with Crippen LogP contribution in [0.3, 0.4) is 0 Å². The summed E-state index contributed by atoms with van der Waals surface area (Å²) >= 11 is 0. The van der Waals surface area contributed by atoms with Crippen molar-refractivity contribution in [3.63, 3.8) is 0 Å². The molecule has 3 nitrogen and oxygen atoms in total. The number of aromatic amines is 1. The molecular formula is C13H24N2O. The van der Waals surface area contributed by atoms with Gasteiger partial charge < -0.3 is 0 Å². The number of hydrogen-bond donors (Lipinski definition) is 1. The summed E-state index contributed by atoms with van der Waals surface area (Å²) in [5, 5.41) is 3.26. The molecule has 0 radical (unpaired) electrons. The van der Waals surface area contributed by atoms with Gasteiger partial charge in [0.15, 0.2) is 0 Å². The molecule has 1 rings (SSSR count). The Morgan fingerprint density at radius 1 is 1.25 bits per heavy atom. The summed E-state index contributed by atoms with van der Waals surface area (Å²) in [5.74, 6) is 0.913. The van der Waals surface area contributed by atoms with Gasteiger partial charge in [0.1, 0.15) is 0 Å². The van der Waals surface area contributed by atoms with Crippen molar-refractivity contribution >= 4 is 0 Å². The van der Waals surface area contributed by atoms with E-state index in [1.807, 2.05) is 0 Å². The maximum absolute atomic E-state index is 12.2. The van der Waals surface area contributed by atoms with Crippen molar-refractivity contribution in [1.29, 1.82) is 0 Å². The minimum Gasteiger partial charge on any atom is -0.299 e. The van der Waals surface area contributed by atoms with Crippen LogP contribution in [0.25, 0.3) is 0 Å². The van der Waals surface area contributed by atoms with Gasteiger partial charge in [-0.05, 0) is 24.7 Å².